The van der Waals surface area contributed by atoms with Crippen LogP contribution in [0.15, 0.2) is 18.2 Å². The average Bonchev–Trinajstić information content (AvgIpc) is 2.47. The number of ether oxygens (including phenoxy) is 2. The van der Waals surface area contributed by atoms with Gasteiger partial charge in [-0.2, -0.15) is 0 Å². The van der Waals surface area contributed by atoms with E-state index >= 15 is 0 Å². The van der Waals surface area contributed by atoms with E-state index in [-0.39, 0.29) is 12.1 Å². The Morgan fingerprint density at radius 1 is 1.09 bits per heavy atom. The van der Waals surface area contributed by atoms with Crippen LogP contribution in [0.25, 0.3) is 0 Å². The van der Waals surface area contributed by atoms with E-state index in [1.165, 1.54) is 6.42 Å². The molecule has 0 amide bonds. The maximum Gasteiger partial charge on any atom is 0.342 e. The van der Waals surface area contributed by atoms with Gasteiger partial charge < -0.3 is 9.47 Å². The molecule has 2 rings (SSSR count). The molecule has 0 saturated heterocycles. The number of methoxy groups -OCH3 is 1. The second-order valence-electron chi connectivity index (χ2n) is 6.10. The summed E-state index contributed by atoms with van der Waals surface area (Å²) in [6.45, 7) is 10.4. The third kappa shape index (κ3) is 4.75. The number of benzene rings is 1. The van der Waals surface area contributed by atoms with Gasteiger partial charge in [-0.3, -0.25) is 0 Å². The van der Waals surface area contributed by atoms with Gasteiger partial charge in [0.15, 0.2) is 0 Å². The van der Waals surface area contributed by atoms with Gasteiger partial charge in [-0.1, -0.05) is 39.8 Å². The smallest absolute Gasteiger partial charge is 0.342 e. The highest BCUT2D eigenvalue weighted by atomic mass is 16.5. The van der Waals surface area contributed by atoms with E-state index in [2.05, 4.69) is 13.8 Å². The fourth-order valence-corrected chi connectivity index (χ4v) is 3.25. The van der Waals surface area contributed by atoms with Crippen LogP contribution >= 0.6 is 0 Å². The number of carbonyl (C=O) groups is 1. The molecule has 1 aliphatic carbocycles. The first-order valence-electron chi connectivity index (χ1n) is 8.35. The van der Waals surface area contributed by atoms with Crippen molar-refractivity contribution in [1.29, 1.82) is 0 Å². The minimum atomic E-state index is -0.258. The van der Waals surface area contributed by atoms with Gasteiger partial charge in [-0.15, -0.1) is 0 Å². The van der Waals surface area contributed by atoms with Crippen LogP contribution in [0.1, 0.15) is 62.9 Å². The summed E-state index contributed by atoms with van der Waals surface area (Å²) in [5, 5.41) is 0. The highest BCUT2D eigenvalue weighted by Crippen LogP contribution is 2.32. The van der Waals surface area contributed by atoms with Crippen LogP contribution in [0.2, 0.25) is 0 Å². The minimum Gasteiger partial charge on any atom is -0.496 e. The topological polar surface area (TPSA) is 35.5 Å². The summed E-state index contributed by atoms with van der Waals surface area (Å²) in [6, 6.07) is 5.59. The molecule has 0 aromatic heterocycles. The van der Waals surface area contributed by atoms with Crippen LogP contribution in [0.4, 0.5) is 0 Å². The summed E-state index contributed by atoms with van der Waals surface area (Å²) in [6.07, 6.45) is 3.18. The Labute approximate surface area is 135 Å². The molecule has 1 aliphatic rings. The van der Waals surface area contributed by atoms with Gasteiger partial charge in [-0.05, 0) is 49.7 Å². The van der Waals surface area contributed by atoms with Crippen LogP contribution in [-0.2, 0) is 4.74 Å². The monoisotopic (exact) mass is 306 g/mol. The largest absolute Gasteiger partial charge is 0.496 e. The van der Waals surface area contributed by atoms with Crippen molar-refractivity contribution in [2.75, 3.05) is 7.11 Å². The number of carbonyl (C=O) groups excluding carboxylic acids is 1. The molecule has 22 heavy (non-hydrogen) atoms. The molecule has 3 heteroatoms. The molecular weight excluding hydrogens is 276 g/mol. The SMILES string of the molecule is CC.COc1cccc(C)c1C(=O)OC1CC(C)CC(C)C1. The van der Waals surface area contributed by atoms with E-state index in [9.17, 15) is 4.79 Å². The van der Waals surface area contributed by atoms with Crippen molar-refractivity contribution >= 4 is 5.97 Å². The van der Waals surface area contributed by atoms with Crippen molar-refractivity contribution in [3.63, 3.8) is 0 Å². The Balaban J connectivity index is 0.00000116. The van der Waals surface area contributed by atoms with E-state index in [0.29, 0.717) is 23.1 Å². The zero-order valence-corrected chi connectivity index (χ0v) is 14.8. The van der Waals surface area contributed by atoms with Crippen molar-refractivity contribution in [2.24, 2.45) is 11.8 Å². The quantitative estimate of drug-likeness (QED) is 0.736. The molecule has 0 bridgehead atoms. The predicted octanol–water partition coefficient (Wildman–Crippen LogP) is 5.01. The second kappa shape index (κ2) is 8.82. The van der Waals surface area contributed by atoms with Gasteiger partial charge in [0.1, 0.15) is 17.4 Å². The van der Waals surface area contributed by atoms with Crippen molar-refractivity contribution in [3.8, 4) is 5.75 Å². The van der Waals surface area contributed by atoms with E-state index in [1.54, 1.807) is 13.2 Å². The molecular formula is C19H30O3. The van der Waals surface area contributed by atoms with E-state index in [1.807, 2.05) is 32.9 Å². The van der Waals surface area contributed by atoms with Crippen molar-refractivity contribution in [2.45, 2.75) is 60.0 Å². The maximum atomic E-state index is 12.4. The lowest BCUT2D eigenvalue weighted by Gasteiger charge is -2.31. The molecule has 1 saturated carbocycles. The van der Waals surface area contributed by atoms with Gasteiger partial charge in [0, 0.05) is 0 Å². The molecule has 3 nitrogen and oxygen atoms in total. The Morgan fingerprint density at radius 2 is 1.68 bits per heavy atom. The molecule has 2 atom stereocenters. The molecule has 124 valence electrons. The molecule has 0 radical (unpaired) electrons. The number of hydrogen-bond donors (Lipinski definition) is 0. The van der Waals surface area contributed by atoms with Gasteiger partial charge >= 0.3 is 5.97 Å². The minimum absolute atomic E-state index is 0.0329. The molecule has 2 unspecified atom stereocenters. The molecule has 0 heterocycles. The normalized spacial score (nSPS) is 24.0. The third-order valence-electron chi connectivity index (χ3n) is 4.07. The Morgan fingerprint density at radius 3 is 2.23 bits per heavy atom. The molecule has 0 aliphatic heterocycles. The molecule has 0 spiro atoms. The van der Waals surface area contributed by atoms with Crippen LogP contribution in [0.5, 0.6) is 5.75 Å². The zero-order valence-electron chi connectivity index (χ0n) is 14.8. The highest BCUT2D eigenvalue weighted by Gasteiger charge is 2.28. The van der Waals surface area contributed by atoms with Crippen molar-refractivity contribution in [3.05, 3.63) is 29.3 Å². The van der Waals surface area contributed by atoms with Crippen molar-refractivity contribution < 1.29 is 14.3 Å². The van der Waals surface area contributed by atoms with E-state index in [0.717, 1.165) is 18.4 Å². The molecule has 1 aromatic rings. The van der Waals surface area contributed by atoms with Crippen LogP contribution in [-0.4, -0.2) is 19.2 Å². The van der Waals surface area contributed by atoms with Crippen LogP contribution < -0.4 is 4.74 Å². The van der Waals surface area contributed by atoms with Crippen molar-refractivity contribution in [1.82, 2.24) is 0 Å². The lowest BCUT2D eigenvalue weighted by molar-refractivity contribution is 0.00771. The lowest BCUT2D eigenvalue weighted by atomic mass is 9.82. The summed E-state index contributed by atoms with van der Waals surface area (Å²) in [5.74, 6) is 1.57. The van der Waals surface area contributed by atoms with Gasteiger partial charge in [0.2, 0.25) is 0 Å². The summed E-state index contributed by atoms with van der Waals surface area (Å²) in [4.78, 5) is 12.4. The van der Waals surface area contributed by atoms with Gasteiger partial charge in [-0.25, -0.2) is 4.79 Å². The number of esters is 1. The van der Waals surface area contributed by atoms with E-state index in [4.69, 9.17) is 9.47 Å². The molecule has 1 aromatic carbocycles. The van der Waals surface area contributed by atoms with Crippen LogP contribution in [0.3, 0.4) is 0 Å². The fraction of sp³-hybridized carbons (Fsp3) is 0.632. The maximum absolute atomic E-state index is 12.4. The zero-order chi connectivity index (χ0) is 16.7. The molecule has 1 fully saturated rings. The Hall–Kier alpha value is -1.51. The summed E-state index contributed by atoms with van der Waals surface area (Å²) >= 11 is 0. The van der Waals surface area contributed by atoms with E-state index < -0.39 is 0 Å². The number of aryl methyl sites for hydroxylation is 1. The molecule has 0 N–H and O–H groups in total. The Bertz CT molecular complexity index is 472. The second-order valence-corrected chi connectivity index (χ2v) is 6.10. The summed E-state index contributed by atoms with van der Waals surface area (Å²) < 4.78 is 11.0. The highest BCUT2D eigenvalue weighted by molar-refractivity contribution is 5.94. The summed E-state index contributed by atoms with van der Waals surface area (Å²) in [7, 11) is 1.58. The lowest BCUT2D eigenvalue weighted by Crippen LogP contribution is -2.28. The predicted molar refractivity (Wildman–Crippen MR) is 90.5 cm³/mol. The van der Waals surface area contributed by atoms with Gasteiger partial charge in [0.05, 0.1) is 7.11 Å². The fourth-order valence-electron chi connectivity index (χ4n) is 3.25. The van der Waals surface area contributed by atoms with Gasteiger partial charge in [0.25, 0.3) is 0 Å². The Kier molecular flexibility index (Phi) is 7.43. The summed E-state index contributed by atoms with van der Waals surface area (Å²) in [5.41, 5.74) is 1.45. The average molecular weight is 306 g/mol. The van der Waals surface area contributed by atoms with Crippen LogP contribution in [0, 0.1) is 18.8 Å². The number of rotatable bonds is 3. The first-order valence-corrected chi connectivity index (χ1v) is 8.35. The first-order chi connectivity index (χ1) is 10.5. The number of hydrogen-bond acceptors (Lipinski definition) is 3. The third-order valence-corrected chi connectivity index (χ3v) is 4.07. The standard InChI is InChI=1S/C17H24O3.C2H6/c1-11-8-12(2)10-14(9-11)20-17(18)16-13(3)6-5-7-15(16)19-4;1-2/h5-7,11-12,14H,8-10H2,1-4H3;1-2H3. The first kappa shape index (κ1) is 18.5.